The molecule has 0 atom stereocenters. The smallest absolute Gasteiger partial charge is 0.0798 e. The van der Waals surface area contributed by atoms with Crippen molar-refractivity contribution in [3.63, 3.8) is 0 Å². The second-order valence-electron chi connectivity index (χ2n) is 3.55. The quantitative estimate of drug-likeness (QED) is 0.641. The van der Waals surface area contributed by atoms with Gasteiger partial charge in [0.25, 0.3) is 0 Å². The van der Waals surface area contributed by atoms with Crippen LogP contribution in [0.4, 0.5) is 0 Å². The minimum atomic E-state index is -4.20. The number of hydrogen-bond donors (Lipinski definition) is 2. The fourth-order valence-corrected chi connectivity index (χ4v) is 1.91. The van der Waals surface area contributed by atoms with Crippen molar-refractivity contribution in [3.05, 3.63) is 0 Å². The zero-order chi connectivity index (χ0) is 9.69. The van der Waals surface area contributed by atoms with Gasteiger partial charge >= 0.3 is 0 Å². The van der Waals surface area contributed by atoms with Crippen molar-refractivity contribution in [2.45, 2.75) is 39.0 Å². The number of hydrogen-bond acceptors (Lipinski definition) is 1. The molecule has 2 N–H and O–H groups in total. The van der Waals surface area contributed by atoms with E-state index < -0.39 is 9.63 Å². The molecule has 0 spiro atoms. The molecule has 12 heavy (non-hydrogen) atoms. The fourth-order valence-electron chi connectivity index (χ4n) is 1.04. The van der Waals surface area contributed by atoms with Crippen LogP contribution >= 0.6 is 0 Å². The van der Waals surface area contributed by atoms with Crippen molar-refractivity contribution >= 4 is 9.63 Å². The summed E-state index contributed by atoms with van der Waals surface area (Å²) in [5.74, 6) is 0.0148. The van der Waals surface area contributed by atoms with E-state index in [2.05, 4.69) is 6.92 Å². The highest BCUT2D eigenvalue weighted by molar-refractivity contribution is 8.09. The third-order valence-corrected chi connectivity index (χ3v) is 2.95. The Morgan fingerprint density at radius 3 is 2.00 bits per heavy atom. The van der Waals surface area contributed by atoms with E-state index in [1.54, 1.807) is 0 Å². The highest BCUT2D eigenvalue weighted by atomic mass is 32.3. The molecule has 0 heterocycles. The SMILES string of the molecule is CCCCCCCS(C)(=O)(O)O. The van der Waals surface area contributed by atoms with Crippen LogP contribution in [0.3, 0.4) is 0 Å². The summed E-state index contributed by atoms with van der Waals surface area (Å²) in [7, 11) is -4.20. The molecular weight excluding hydrogens is 176 g/mol. The van der Waals surface area contributed by atoms with Crippen LogP contribution in [0.2, 0.25) is 0 Å². The Bertz CT molecular complexity index is 172. The van der Waals surface area contributed by atoms with E-state index in [0.717, 1.165) is 31.9 Å². The molecule has 0 saturated heterocycles. The second-order valence-corrected chi connectivity index (χ2v) is 6.81. The van der Waals surface area contributed by atoms with Gasteiger partial charge in [-0.2, -0.15) is 0 Å². The maximum absolute atomic E-state index is 10.9. The zero-order valence-corrected chi connectivity index (χ0v) is 8.77. The lowest BCUT2D eigenvalue weighted by molar-refractivity contribution is 0.395. The molecule has 3 nitrogen and oxygen atoms in total. The molecule has 0 radical (unpaired) electrons. The van der Waals surface area contributed by atoms with E-state index in [9.17, 15) is 4.21 Å². The molecule has 4 heteroatoms. The molecule has 0 saturated carbocycles. The summed E-state index contributed by atoms with van der Waals surface area (Å²) < 4.78 is 28.8. The average molecular weight is 196 g/mol. The van der Waals surface area contributed by atoms with E-state index in [1.165, 1.54) is 0 Å². The highest BCUT2D eigenvalue weighted by Crippen LogP contribution is 2.14. The van der Waals surface area contributed by atoms with Gasteiger partial charge in [0, 0.05) is 12.0 Å². The van der Waals surface area contributed by atoms with Crippen LogP contribution in [-0.2, 0) is 9.63 Å². The first kappa shape index (κ1) is 12.1. The van der Waals surface area contributed by atoms with Gasteiger partial charge in [-0.15, -0.1) is 0 Å². The van der Waals surface area contributed by atoms with Gasteiger partial charge in [0.15, 0.2) is 0 Å². The minimum absolute atomic E-state index is 0.0148. The lowest BCUT2D eigenvalue weighted by Crippen LogP contribution is -2.32. The number of rotatable bonds is 6. The van der Waals surface area contributed by atoms with Crippen LogP contribution in [0.25, 0.3) is 0 Å². The van der Waals surface area contributed by atoms with Crippen LogP contribution in [-0.4, -0.2) is 25.3 Å². The van der Waals surface area contributed by atoms with E-state index >= 15 is 0 Å². The first-order valence-corrected chi connectivity index (χ1v) is 6.89. The Labute approximate surface area is 74.6 Å². The minimum Gasteiger partial charge on any atom is -0.308 e. The van der Waals surface area contributed by atoms with Gasteiger partial charge in [-0.05, 0) is 6.42 Å². The molecule has 0 unspecified atom stereocenters. The predicted molar refractivity (Wildman–Crippen MR) is 53.0 cm³/mol. The second kappa shape index (κ2) is 4.35. The molecule has 0 fully saturated rings. The van der Waals surface area contributed by atoms with Gasteiger partial charge in [0.05, 0.1) is 9.63 Å². The van der Waals surface area contributed by atoms with E-state index in [4.69, 9.17) is 9.11 Å². The average Bonchev–Trinajstić information content (AvgIpc) is 1.83. The van der Waals surface area contributed by atoms with Crippen molar-refractivity contribution in [1.82, 2.24) is 0 Å². The highest BCUT2D eigenvalue weighted by Gasteiger charge is 2.20. The molecule has 0 aromatic heterocycles. The molecule has 0 bridgehead atoms. The summed E-state index contributed by atoms with van der Waals surface area (Å²) in [6.07, 6.45) is 5.97. The van der Waals surface area contributed by atoms with E-state index in [-0.39, 0.29) is 5.75 Å². The molecular formula is C8H20O3S. The van der Waals surface area contributed by atoms with Crippen LogP contribution < -0.4 is 0 Å². The topological polar surface area (TPSA) is 57.5 Å². The Morgan fingerprint density at radius 1 is 1.08 bits per heavy atom. The van der Waals surface area contributed by atoms with Crippen molar-refractivity contribution in [2.75, 3.05) is 12.0 Å². The maximum Gasteiger partial charge on any atom is 0.0798 e. The molecule has 0 aromatic carbocycles. The Balaban J connectivity index is 3.39. The third-order valence-electron chi connectivity index (χ3n) is 1.72. The van der Waals surface area contributed by atoms with Crippen LogP contribution in [0.1, 0.15) is 39.0 Å². The summed E-state index contributed by atoms with van der Waals surface area (Å²) in [6, 6.07) is 0. The Morgan fingerprint density at radius 2 is 1.58 bits per heavy atom. The molecule has 0 aliphatic heterocycles. The first-order chi connectivity index (χ1) is 5.31. The summed E-state index contributed by atoms with van der Waals surface area (Å²) >= 11 is 0. The molecule has 0 aliphatic carbocycles. The zero-order valence-electron chi connectivity index (χ0n) is 7.95. The van der Waals surface area contributed by atoms with Gasteiger partial charge < -0.3 is 9.11 Å². The Kier molecular flexibility index (Phi) is 4.37. The molecule has 76 valence electrons. The van der Waals surface area contributed by atoms with E-state index in [1.807, 2.05) is 0 Å². The monoisotopic (exact) mass is 196 g/mol. The largest absolute Gasteiger partial charge is 0.308 e. The molecule has 0 aromatic rings. The van der Waals surface area contributed by atoms with E-state index in [0.29, 0.717) is 6.42 Å². The van der Waals surface area contributed by atoms with Crippen molar-refractivity contribution in [1.29, 1.82) is 0 Å². The fraction of sp³-hybridized carbons (Fsp3) is 1.00. The van der Waals surface area contributed by atoms with Gasteiger partial charge in [-0.1, -0.05) is 32.6 Å². The summed E-state index contributed by atoms with van der Waals surface area (Å²) in [5.41, 5.74) is 0. The van der Waals surface area contributed by atoms with Crippen LogP contribution in [0.5, 0.6) is 0 Å². The summed E-state index contributed by atoms with van der Waals surface area (Å²) in [5, 5.41) is 0. The van der Waals surface area contributed by atoms with Crippen molar-refractivity contribution in [3.8, 4) is 0 Å². The van der Waals surface area contributed by atoms with Crippen LogP contribution in [0, 0.1) is 0 Å². The van der Waals surface area contributed by atoms with Crippen LogP contribution in [0.15, 0.2) is 0 Å². The van der Waals surface area contributed by atoms with Gasteiger partial charge in [-0.25, -0.2) is 4.21 Å². The van der Waals surface area contributed by atoms with Gasteiger partial charge in [0.1, 0.15) is 0 Å². The molecule has 0 aliphatic rings. The number of unbranched alkanes of at least 4 members (excludes halogenated alkanes) is 4. The van der Waals surface area contributed by atoms with Crippen molar-refractivity contribution < 1.29 is 13.3 Å². The first-order valence-electron chi connectivity index (χ1n) is 4.44. The third kappa shape index (κ3) is 10.1. The van der Waals surface area contributed by atoms with Crippen molar-refractivity contribution in [2.24, 2.45) is 0 Å². The standard InChI is InChI=1S/C8H20O3S/c1-3-4-5-6-7-8-12(2,9,10)11/h3-8H2,1-2H3,(H2,9,10,11). The lowest BCUT2D eigenvalue weighted by Gasteiger charge is -2.24. The maximum atomic E-state index is 10.9. The predicted octanol–water partition coefficient (Wildman–Crippen LogP) is 2.35. The Hall–Kier alpha value is 0.0700. The molecule has 0 amide bonds. The summed E-state index contributed by atoms with van der Waals surface area (Å²) in [6.45, 7) is 2.12. The molecule has 0 rings (SSSR count). The lowest BCUT2D eigenvalue weighted by atomic mass is 10.2. The van der Waals surface area contributed by atoms with Gasteiger partial charge in [0.2, 0.25) is 0 Å². The summed E-state index contributed by atoms with van der Waals surface area (Å²) in [4.78, 5) is 0. The normalized spacial score (nSPS) is 15.5. The van der Waals surface area contributed by atoms with Gasteiger partial charge in [-0.3, -0.25) is 0 Å².